The fourth-order valence-electron chi connectivity index (χ4n) is 1.42. The average Bonchev–Trinajstić information content (AvgIpc) is 2.15. The molecular formula is C8H6N2O5S. The number of nitrogens with one attached hydrogen (secondary N) is 1. The van der Waals surface area contributed by atoms with Gasteiger partial charge in [-0.15, -0.1) is 0 Å². The van der Waals surface area contributed by atoms with Crippen molar-refractivity contribution in [3.05, 3.63) is 33.9 Å². The molecule has 0 unspecified atom stereocenters. The van der Waals surface area contributed by atoms with E-state index in [0.29, 0.717) is 0 Å². The number of nitro groups is 1. The van der Waals surface area contributed by atoms with Crippen molar-refractivity contribution in [2.24, 2.45) is 0 Å². The van der Waals surface area contributed by atoms with Crippen molar-refractivity contribution in [2.45, 2.75) is 0 Å². The second kappa shape index (κ2) is 3.27. The summed E-state index contributed by atoms with van der Waals surface area (Å²) in [6, 6.07) is 3.42. The first-order valence-electron chi connectivity index (χ1n) is 4.21. The minimum Gasteiger partial charge on any atom is -0.293 e. The number of nitro benzene ring substituents is 1. The highest BCUT2D eigenvalue weighted by atomic mass is 32.2. The van der Waals surface area contributed by atoms with Crippen LogP contribution in [0.1, 0.15) is 10.4 Å². The SMILES string of the molecule is O=C1CS(=O)(=O)Nc2ccc([N+](=O)[O-])cc21. The van der Waals surface area contributed by atoms with Gasteiger partial charge in [0.15, 0.2) is 5.78 Å². The third kappa shape index (κ3) is 1.74. The van der Waals surface area contributed by atoms with Crippen molar-refractivity contribution in [1.82, 2.24) is 0 Å². The van der Waals surface area contributed by atoms with Crippen molar-refractivity contribution in [3.63, 3.8) is 0 Å². The highest BCUT2D eigenvalue weighted by Gasteiger charge is 2.28. The molecule has 1 heterocycles. The van der Waals surface area contributed by atoms with Crippen molar-refractivity contribution in [3.8, 4) is 0 Å². The number of carbonyl (C=O) groups is 1. The number of non-ortho nitro benzene ring substituents is 1. The summed E-state index contributed by atoms with van der Waals surface area (Å²) in [7, 11) is -3.65. The molecule has 0 amide bonds. The first-order chi connectivity index (χ1) is 7.39. The molecule has 7 nitrogen and oxygen atoms in total. The number of anilines is 1. The van der Waals surface area contributed by atoms with Gasteiger partial charge < -0.3 is 0 Å². The minimum absolute atomic E-state index is 0.0315. The fraction of sp³-hybridized carbons (Fsp3) is 0.125. The third-order valence-electron chi connectivity index (χ3n) is 2.10. The average molecular weight is 242 g/mol. The van der Waals surface area contributed by atoms with Gasteiger partial charge in [-0.05, 0) is 6.07 Å². The van der Waals surface area contributed by atoms with E-state index in [1.807, 2.05) is 0 Å². The maximum Gasteiger partial charge on any atom is 0.270 e. The predicted molar refractivity (Wildman–Crippen MR) is 54.8 cm³/mol. The van der Waals surface area contributed by atoms with Gasteiger partial charge >= 0.3 is 0 Å². The summed E-state index contributed by atoms with van der Waals surface area (Å²) in [5.41, 5.74) is -0.126. The molecular weight excluding hydrogens is 236 g/mol. The minimum atomic E-state index is -3.65. The number of hydrogen-bond donors (Lipinski definition) is 1. The number of benzene rings is 1. The van der Waals surface area contributed by atoms with E-state index in [1.54, 1.807) is 0 Å². The molecule has 0 saturated carbocycles. The van der Waals surface area contributed by atoms with Gasteiger partial charge in [0.1, 0.15) is 5.75 Å². The molecule has 0 bridgehead atoms. The Hall–Kier alpha value is -1.96. The number of fused-ring (bicyclic) bond motifs is 1. The fourth-order valence-corrected chi connectivity index (χ4v) is 2.51. The summed E-state index contributed by atoms with van der Waals surface area (Å²) in [5.74, 6) is -1.32. The molecule has 0 radical (unpaired) electrons. The van der Waals surface area contributed by atoms with Gasteiger partial charge in [0.2, 0.25) is 10.0 Å². The van der Waals surface area contributed by atoms with E-state index in [-0.39, 0.29) is 16.9 Å². The second-order valence-corrected chi connectivity index (χ2v) is 4.99. The quantitative estimate of drug-likeness (QED) is 0.571. The molecule has 8 heteroatoms. The first kappa shape index (κ1) is 10.6. The van der Waals surface area contributed by atoms with Crippen LogP contribution in [-0.4, -0.2) is 24.9 Å². The Balaban J connectivity index is 2.58. The molecule has 1 aliphatic rings. The number of Topliss-reactive ketones (excluding diaryl/α,β-unsaturated/α-hetero) is 1. The van der Waals surface area contributed by atoms with Crippen molar-refractivity contribution in [1.29, 1.82) is 0 Å². The lowest BCUT2D eigenvalue weighted by molar-refractivity contribution is -0.384. The summed E-state index contributed by atoms with van der Waals surface area (Å²) in [6.07, 6.45) is 0. The zero-order valence-electron chi connectivity index (χ0n) is 7.84. The van der Waals surface area contributed by atoms with Gasteiger partial charge in [-0.1, -0.05) is 0 Å². The van der Waals surface area contributed by atoms with Crippen LogP contribution in [-0.2, 0) is 10.0 Å². The summed E-state index contributed by atoms with van der Waals surface area (Å²) >= 11 is 0. The number of rotatable bonds is 1. The van der Waals surface area contributed by atoms with Gasteiger partial charge in [-0.3, -0.25) is 19.6 Å². The van der Waals surface area contributed by atoms with Crippen LogP contribution in [0.25, 0.3) is 0 Å². The topological polar surface area (TPSA) is 106 Å². The Morgan fingerprint density at radius 1 is 1.38 bits per heavy atom. The first-order valence-corrected chi connectivity index (χ1v) is 5.86. The Morgan fingerprint density at radius 2 is 2.06 bits per heavy atom. The molecule has 0 atom stereocenters. The van der Waals surface area contributed by atoms with E-state index in [2.05, 4.69) is 4.72 Å². The van der Waals surface area contributed by atoms with Crippen LogP contribution >= 0.6 is 0 Å². The Morgan fingerprint density at radius 3 is 2.69 bits per heavy atom. The van der Waals surface area contributed by atoms with E-state index in [9.17, 15) is 23.3 Å². The van der Waals surface area contributed by atoms with Crippen LogP contribution in [0, 0.1) is 10.1 Å². The number of ketones is 1. The Labute approximate surface area is 90.3 Å². The molecule has 0 aromatic heterocycles. The largest absolute Gasteiger partial charge is 0.293 e. The molecule has 84 valence electrons. The number of carbonyl (C=O) groups excluding carboxylic acids is 1. The van der Waals surface area contributed by atoms with E-state index >= 15 is 0 Å². The van der Waals surface area contributed by atoms with Crippen molar-refractivity contribution < 1.29 is 18.1 Å². The van der Waals surface area contributed by atoms with Crippen LogP contribution in [0.15, 0.2) is 18.2 Å². The van der Waals surface area contributed by atoms with Gasteiger partial charge in [0, 0.05) is 17.7 Å². The summed E-state index contributed by atoms with van der Waals surface area (Å²) < 4.78 is 24.5. The molecule has 1 N–H and O–H groups in total. The van der Waals surface area contributed by atoms with Gasteiger partial charge in [0.25, 0.3) is 5.69 Å². The molecule has 2 rings (SSSR count). The van der Waals surface area contributed by atoms with E-state index < -0.39 is 26.5 Å². The lowest BCUT2D eigenvalue weighted by Crippen LogP contribution is -2.29. The van der Waals surface area contributed by atoms with Crippen molar-refractivity contribution in [2.75, 3.05) is 10.5 Å². The van der Waals surface area contributed by atoms with Gasteiger partial charge in [-0.25, -0.2) is 8.42 Å². The smallest absolute Gasteiger partial charge is 0.270 e. The standard InChI is InChI=1S/C8H6N2O5S/c11-8-4-16(14,15)9-7-2-1-5(10(12)13)3-6(7)8/h1-3,9H,4H2. The molecule has 0 fully saturated rings. The highest BCUT2D eigenvalue weighted by Crippen LogP contribution is 2.27. The summed E-state index contributed by atoms with van der Waals surface area (Å²) in [5, 5.41) is 10.5. The van der Waals surface area contributed by atoms with E-state index in [1.165, 1.54) is 6.07 Å². The monoisotopic (exact) mass is 242 g/mol. The molecule has 1 aromatic rings. The Bertz CT molecular complexity index is 592. The van der Waals surface area contributed by atoms with Crippen LogP contribution in [0.3, 0.4) is 0 Å². The predicted octanol–water partition coefficient (Wildman–Crippen LogP) is 0.533. The lowest BCUT2D eigenvalue weighted by Gasteiger charge is -2.16. The van der Waals surface area contributed by atoms with Crippen LogP contribution < -0.4 is 4.72 Å². The molecule has 0 spiro atoms. The number of hydrogen-bond acceptors (Lipinski definition) is 5. The summed E-state index contributed by atoms with van der Waals surface area (Å²) in [6.45, 7) is 0. The molecule has 0 aliphatic carbocycles. The number of sulfonamides is 1. The third-order valence-corrected chi connectivity index (χ3v) is 3.27. The summed E-state index contributed by atoms with van der Waals surface area (Å²) in [4.78, 5) is 21.3. The zero-order valence-corrected chi connectivity index (χ0v) is 8.65. The lowest BCUT2D eigenvalue weighted by atomic mass is 10.1. The van der Waals surface area contributed by atoms with E-state index in [4.69, 9.17) is 0 Å². The molecule has 16 heavy (non-hydrogen) atoms. The van der Waals surface area contributed by atoms with E-state index in [0.717, 1.165) is 12.1 Å². The maximum atomic E-state index is 11.4. The normalized spacial score (nSPS) is 17.4. The van der Waals surface area contributed by atoms with Crippen LogP contribution in [0.5, 0.6) is 0 Å². The van der Waals surface area contributed by atoms with Crippen molar-refractivity contribution >= 4 is 27.2 Å². The zero-order chi connectivity index (χ0) is 11.9. The molecule has 0 saturated heterocycles. The van der Waals surface area contributed by atoms with Crippen LogP contribution in [0.4, 0.5) is 11.4 Å². The Kier molecular flexibility index (Phi) is 2.16. The second-order valence-electron chi connectivity index (χ2n) is 3.27. The molecule has 1 aromatic carbocycles. The van der Waals surface area contributed by atoms with Gasteiger partial charge in [0.05, 0.1) is 10.6 Å². The maximum absolute atomic E-state index is 11.4. The highest BCUT2D eigenvalue weighted by molar-refractivity contribution is 7.93. The molecule has 1 aliphatic heterocycles. The number of nitrogens with zero attached hydrogens (tertiary/aromatic N) is 1. The van der Waals surface area contributed by atoms with Gasteiger partial charge in [-0.2, -0.15) is 0 Å². The van der Waals surface area contributed by atoms with Crippen LogP contribution in [0.2, 0.25) is 0 Å².